The number of aliphatic carboxylic acids is 2. The lowest BCUT2D eigenvalue weighted by Gasteiger charge is -2.32. The fourth-order valence-electron chi connectivity index (χ4n) is 3.93. The highest BCUT2D eigenvalue weighted by Gasteiger charge is 2.20. The van der Waals surface area contributed by atoms with Gasteiger partial charge in [0.05, 0.1) is 59.2 Å². The number of aldehydes is 1. The van der Waals surface area contributed by atoms with Crippen molar-refractivity contribution in [1.82, 2.24) is 24.9 Å². The molecule has 1 amide bonds. The van der Waals surface area contributed by atoms with E-state index in [2.05, 4.69) is 5.32 Å². The third-order valence-corrected chi connectivity index (χ3v) is 6.01. The highest BCUT2D eigenvalue weighted by molar-refractivity contribution is 5.78. The molecule has 1 rings (SSSR count). The summed E-state index contributed by atoms with van der Waals surface area (Å²) >= 11 is 0. The molecular formula is C26H51N5O10. The number of carboxylic acid groups (broad SMARTS) is 2. The number of aliphatic hydroxyl groups is 1. The first-order valence-corrected chi connectivity index (χ1v) is 14.0. The zero-order chi connectivity index (χ0) is 30.7. The van der Waals surface area contributed by atoms with E-state index in [9.17, 15) is 29.4 Å². The molecule has 0 spiro atoms. The maximum absolute atomic E-state index is 12.6. The highest BCUT2D eigenvalue weighted by Crippen LogP contribution is 2.01. The predicted molar refractivity (Wildman–Crippen MR) is 151 cm³/mol. The van der Waals surface area contributed by atoms with Crippen molar-refractivity contribution in [3.8, 4) is 0 Å². The molecule has 0 aromatic heterocycles. The molecule has 15 heteroatoms. The van der Waals surface area contributed by atoms with Crippen molar-refractivity contribution in [3.05, 3.63) is 0 Å². The number of hydrogen-bond acceptors (Lipinski definition) is 12. The van der Waals surface area contributed by atoms with Gasteiger partial charge in [0.1, 0.15) is 6.29 Å². The van der Waals surface area contributed by atoms with Crippen LogP contribution in [0.2, 0.25) is 0 Å². The van der Waals surface area contributed by atoms with Gasteiger partial charge in [0, 0.05) is 72.6 Å². The van der Waals surface area contributed by atoms with E-state index in [0.29, 0.717) is 91.9 Å². The summed E-state index contributed by atoms with van der Waals surface area (Å²) in [6.45, 7) is 8.97. The number of nitrogens with zero attached hydrogens (tertiary/aromatic N) is 4. The van der Waals surface area contributed by atoms with Crippen molar-refractivity contribution in [2.24, 2.45) is 0 Å². The second-order valence-electron chi connectivity index (χ2n) is 9.27. The van der Waals surface area contributed by atoms with E-state index in [1.54, 1.807) is 9.80 Å². The van der Waals surface area contributed by atoms with Gasteiger partial charge in [-0.15, -0.1) is 0 Å². The quantitative estimate of drug-likeness (QED) is 0.0932. The summed E-state index contributed by atoms with van der Waals surface area (Å²) in [5.74, 6) is -2.10. The van der Waals surface area contributed by atoms with E-state index in [4.69, 9.17) is 19.3 Å². The molecule has 240 valence electrons. The van der Waals surface area contributed by atoms with Gasteiger partial charge in [-0.3, -0.25) is 34.0 Å². The average Bonchev–Trinajstić information content (AvgIpc) is 2.93. The summed E-state index contributed by atoms with van der Waals surface area (Å²) in [5.41, 5.74) is 0. The van der Waals surface area contributed by atoms with Crippen LogP contribution < -0.4 is 5.32 Å². The molecule has 0 radical (unpaired) electrons. The molecule has 0 unspecified atom stereocenters. The minimum atomic E-state index is -0.969. The molecule has 0 atom stereocenters. The van der Waals surface area contributed by atoms with Crippen molar-refractivity contribution in [3.63, 3.8) is 0 Å². The summed E-state index contributed by atoms with van der Waals surface area (Å²) in [7, 11) is 1.00. The summed E-state index contributed by atoms with van der Waals surface area (Å²) in [6.07, 6.45) is 1.79. The molecule has 1 aliphatic heterocycles. The summed E-state index contributed by atoms with van der Waals surface area (Å²) in [5, 5.41) is 28.4. The Hall–Kier alpha value is -2.24. The third-order valence-electron chi connectivity index (χ3n) is 6.01. The SMILES string of the molecule is CCCOCCOCCOCCNC(=O)CN1CCN(CC=O)CCN(CC(=O)O)CCN(CC(=O)O)CC1.CO. The van der Waals surface area contributed by atoms with Crippen LogP contribution in [0.25, 0.3) is 0 Å². The lowest BCUT2D eigenvalue weighted by molar-refractivity contribution is -0.140. The van der Waals surface area contributed by atoms with Crippen LogP contribution in [0.15, 0.2) is 0 Å². The number of carboxylic acids is 2. The van der Waals surface area contributed by atoms with E-state index in [0.717, 1.165) is 26.4 Å². The van der Waals surface area contributed by atoms with Crippen molar-refractivity contribution in [1.29, 1.82) is 0 Å². The monoisotopic (exact) mass is 593 g/mol. The van der Waals surface area contributed by atoms with Crippen LogP contribution in [0, 0.1) is 0 Å². The summed E-state index contributed by atoms with van der Waals surface area (Å²) in [4.78, 5) is 53.7. The van der Waals surface area contributed by atoms with Gasteiger partial charge in [-0.2, -0.15) is 0 Å². The standard InChI is InChI=1S/C25H47N5O9.CH4O/c1-2-14-37-16-18-39-19-17-38-15-3-26-23(32)20-28-6-4-27(12-13-31)5-7-29(21-24(33)34)10-11-30(9-8-28)22-25(35)36;1-2/h13H,2-12,14-22H2,1H3,(H,26,32)(H,33,34)(H,35,36);2H,1H3. The number of aliphatic hydroxyl groups excluding tert-OH is 1. The molecule has 0 aromatic rings. The van der Waals surface area contributed by atoms with Crippen LogP contribution >= 0.6 is 0 Å². The third kappa shape index (κ3) is 23.1. The van der Waals surface area contributed by atoms with E-state index in [1.165, 1.54) is 0 Å². The maximum atomic E-state index is 12.6. The van der Waals surface area contributed by atoms with Gasteiger partial charge in [0.15, 0.2) is 0 Å². The Bertz CT molecular complexity index is 704. The predicted octanol–water partition coefficient (Wildman–Crippen LogP) is -2.24. The summed E-state index contributed by atoms with van der Waals surface area (Å²) < 4.78 is 16.2. The van der Waals surface area contributed by atoms with E-state index in [1.807, 2.05) is 16.7 Å². The smallest absolute Gasteiger partial charge is 0.317 e. The lowest BCUT2D eigenvalue weighted by atomic mass is 10.3. The molecule has 1 heterocycles. The molecule has 1 fully saturated rings. The second-order valence-corrected chi connectivity index (χ2v) is 9.27. The fraction of sp³-hybridized carbons (Fsp3) is 0.846. The van der Waals surface area contributed by atoms with Crippen LogP contribution in [0.3, 0.4) is 0 Å². The van der Waals surface area contributed by atoms with Crippen LogP contribution in [0.5, 0.6) is 0 Å². The molecule has 0 saturated carbocycles. The van der Waals surface area contributed by atoms with Gasteiger partial charge in [-0.25, -0.2) is 0 Å². The Morgan fingerprint density at radius 2 is 1.05 bits per heavy atom. The van der Waals surface area contributed by atoms with E-state index in [-0.39, 0.29) is 32.1 Å². The maximum Gasteiger partial charge on any atom is 0.317 e. The Morgan fingerprint density at radius 3 is 1.46 bits per heavy atom. The Morgan fingerprint density at radius 1 is 0.659 bits per heavy atom. The van der Waals surface area contributed by atoms with Crippen LogP contribution in [0.4, 0.5) is 0 Å². The first-order valence-electron chi connectivity index (χ1n) is 14.0. The number of ether oxygens (including phenoxy) is 3. The van der Waals surface area contributed by atoms with E-state index < -0.39 is 11.9 Å². The van der Waals surface area contributed by atoms with Crippen molar-refractivity contribution < 1.29 is 48.7 Å². The van der Waals surface area contributed by atoms with Crippen molar-refractivity contribution >= 4 is 24.1 Å². The Balaban J connectivity index is 0.00000781. The van der Waals surface area contributed by atoms with Crippen LogP contribution in [-0.2, 0) is 33.4 Å². The molecule has 41 heavy (non-hydrogen) atoms. The zero-order valence-electron chi connectivity index (χ0n) is 24.7. The average molecular weight is 594 g/mol. The molecule has 0 bridgehead atoms. The minimum Gasteiger partial charge on any atom is -0.480 e. The van der Waals surface area contributed by atoms with Gasteiger partial charge in [-0.05, 0) is 6.42 Å². The van der Waals surface area contributed by atoms with Gasteiger partial charge in [-0.1, -0.05) is 6.92 Å². The number of carbonyl (C=O) groups excluding carboxylic acids is 2. The van der Waals surface area contributed by atoms with Gasteiger partial charge in [0.2, 0.25) is 5.91 Å². The number of nitrogens with one attached hydrogen (secondary N) is 1. The van der Waals surface area contributed by atoms with E-state index >= 15 is 0 Å². The van der Waals surface area contributed by atoms with Gasteiger partial charge >= 0.3 is 11.9 Å². The lowest BCUT2D eigenvalue weighted by Crippen LogP contribution is -2.49. The second kappa shape index (κ2) is 26.6. The number of carbonyl (C=O) groups is 4. The largest absolute Gasteiger partial charge is 0.480 e. The van der Waals surface area contributed by atoms with Crippen LogP contribution in [0.1, 0.15) is 13.3 Å². The highest BCUT2D eigenvalue weighted by atomic mass is 16.5. The van der Waals surface area contributed by atoms with Crippen molar-refractivity contribution in [2.45, 2.75) is 13.3 Å². The topological polar surface area (TPSA) is 182 Å². The normalized spacial score (nSPS) is 16.6. The van der Waals surface area contributed by atoms with Crippen LogP contribution in [-0.4, -0.2) is 191 Å². The Labute approximate surface area is 243 Å². The molecule has 4 N–H and O–H groups in total. The van der Waals surface area contributed by atoms with Crippen molar-refractivity contribution in [2.75, 3.05) is 132 Å². The Kier molecular flexibility index (Phi) is 25.2. The van der Waals surface area contributed by atoms with Gasteiger partial charge in [0.25, 0.3) is 0 Å². The fourth-order valence-corrected chi connectivity index (χ4v) is 3.93. The molecular weight excluding hydrogens is 542 g/mol. The number of hydrogen-bond donors (Lipinski definition) is 4. The summed E-state index contributed by atoms with van der Waals surface area (Å²) in [6, 6.07) is 0. The zero-order valence-corrected chi connectivity index (χ0v) is 24.7. The molecule has 0 aromatic carbocycles. The molecule has 15 nitrogen and oxygen atoms in total. The minimum absolute atomic E-state index is 0.127. The first-order chi connectivity index (χ1) is 19.8. The van der Waals surface area contributed by atoms with Gasteiger partial charge < -0.3 is 39.6 Å². The molecule has 1 aliphatic rings. The molecule has 1 saturated heterocycles. The number of rotatable bonds is 19. The number of amides is 1. The molecule has 0 aliphatic carbocycles. The first kappa shape index (κ1) is 38.8.